The molecule has 3 aliphatic rings. The Hall–Kier alpha value is -2.71. The molecule has 0 aliphatic carbocycles. The molecule has 2 N–H and O–H groups in total. The number of aromatic nitrogens is 2. The summed E-state index contributed by atoms with van der Waals surface area (Å²) < 4.78 is 5.51. The Bertz CT molecular complexity index is 1060. The number of rotatable bonds is 5. The lowest BCUT2D eigenvalue weighted by molar-refractivity contribution is -0.157. The van der Waals surface area contributed by atoms with Gasteiger partial charge in [0.15, 0.2) is 5.82 Å². The molecule has 4 heterocycles. The number of halogens is 1. The van der Waals surface area contributed by atoms with E-state index >= 15 is 0 Å². The number of hydrogen-bond donors (Lipinski definition) is 2. The van der Waals surface area contributed by atoms with E-state index in [0.717, 1.165) is 50.3 Å². The Kier molecular flexibility index (Phi) is 5.73. The van der Waals surface area contributed by atoms with Crippen LogP contribution in [0, 0.1) is 11.3 Å². The van der Waals surface area contributed by atoms with Gasteiger partial charge in [-0.25, -0.2) is 4.98 Å². The van der Waals surface area contributed by atoms with Crippen molar-refractivity contribution in [1.29, 1.82) is 0 Å². The third kappa shape index (κ3) is 3.82. The topological polar surface area (TPSA) is 91.7 Å². The van der Waals surface area contributed by atoms with E-state index in [-0.39, 0.29) is 11.9 Å². The monoisotopic (exact) mass is 454 g/mol. The molecule has 0 saturated carbocycles. The van der Waals surface area contributed by atoms with Gasteiger partial charge >= 0.3 is 5.97 Å². The zero-order chi connectivity index (χ0) is 22.1. The predicted octanol–water partition coefficient (Wildman–Crippen LogP) is 3.18. The fourth-order valence-corrected chi connectivity index (χ4v) is 5.15. The van der Waals surface area contributed by atoms with Crippen LogP contribution in [-0.2, 0) is 16.1 Å². The molecule has 32 heavy (non-hydrogen) atoms. The number of fused-ring (bicyclic) bond motifs is 2. The van der Waals surface area contributed by atoms with Crippen LogP contribution in [0.2, 0.25) is 5.02 Å². The molecule has 1 aromatic carbocycles. The van der Waals surface area contributed by atoms with Crippen LogP contribution in [-0.4, -0.2) is 54.9 Å². The summed E-state index contributed by atoms with van der Waals surface area (Å²) in [7, 11) is 0. The van der Waals surface area contributed by atoms with Crippen molar-refractivity contribution >= 4 is 41.2 Å². The molecule has 1 aromatic heterocycles. The third-order valence-electron chi connectivity index (χ3n) is 6.71. The number of nitrogens with zero attached hydrogens (tertiary/aromatic N) is 4. The van der Waals surface area contributed by atoms with Gasteiger partial charge in [0.1, 0.15) is 5.02 Å². The maximum absolute atomic E-state index is 13.0. The molecule has 2 fully saturated rings. The number of benzene rings is 1. The minimum absolute atomic E-state index is 0.108. The van der Waals surface area contributed by atoms with Crippen molar-refractivity contribution in [1.82, 2.24) is 15.3 Å². The second-order valence-electron chi connectivity index (χ2n) is 8.62. The van der Waals surface area contributed by atoms with E-state index in [1.807, 2.05) is 25.3 Å². The van der Waals surface area contributed by atoms with Crippen LogP contribution in [0.3, 0.4) is 0 Å². The lowest BCUT2D eigenvalue weighted by atomic mass is 9.74. The number of nitrogens with one attached hydrogen (secondary N) is 2. The number of esters is 1. The van der Waals surface area contributed by atoms with E-state index in [2.05, 4.69) is 31.6 Å². The van der Waals surface area contributed by atoms with Gasteiger partial charge in [0.25, 0.3) is 0 Å². The quantitative estimate of drug-likeness (QED) is 0.670. The van der Waals surface area contributed by atoms with E-state index in [9.17, 15) is 4.79 Å². The Balaban J connectivity index is 1.40. The highest BCUT2D eigenvalue weighted by Gasteiger charge is 2.53. The van der Waals surface area contributed by atoms with Gasteiger partial charge in [-0.05, 0) is 62.0 Å². The summed E-state index contributed by atoms with van der Waals surface area (Å²) in [6.45, 7) is 5.94. The largest absolute Gasteiger partial charge is 0.466 e. The van der Waals surface area contributed by atoms with Crippen LogP contribution in [0.15, 0.2) is 29.4 Å². The molecule has 168 valence electrons. The molecule has 3 aliphatic heterocycles. The Morgan fingerprint density at radius 3 is 3.19 bits per heavy atom. The maximum Gasteiger partial charge on any atom is 0.314 e. The predicted molar refractivity (Wildman–Crippen MR) is 125 cm³/mol. The number of anilines is 3. The van der Waals surface area contributed by atoms with Gasteiger partial charge in [0, 0.05) is 25.0 Å². The van der Waals surface area contributed by atoms with Gasteiger partial charge in [0.2, 0.25) is 5.95 Å². The summed E-state index contributed by atoms with van der Waals surface area (Å²) in [5.74, 6) is 1.21. The van der Waals surface area contributed by atoms with Crippen LogP contribution in [0.25, 0.3) is 0 Å². The minimum atomic E-state index is -0.532. The summed E-state index contributed by atoms with van der Waals surface area (Å²) in [5.41, 5.74) is 2.67. The first-order chi connectivity index (χ1) is 15.6. The van der Waals surface area contributed by atoms with Crippen molar-refractivity contribution in [3.63, 3.8) is 0 Å². The van der Waals surface area contributed by atoms with Crippen LogP contribution >= 0.6 is 11.6 Å². The Labute approximate surface area is 192 Å². The van der Waals surface area contributed by atoms with Crippen molar-refractivity contribution in [3.05, 3.63) is 40.5 Å². The van der Waals surface area contributed by atoms with E-state index < -0.39 is 5.41 Å². The zero-order valence-corrected chi connectivity index (χ0v) is 18.9. The summed E-state index contributed by atoms with van der Waals surface area (Å²) in [5, 5.41) is 7.18. The average Bonchev–Trinajstić information content (AvgIpc) is 3.35. The molecule has 5 rings (SSSR count). The number of ether oxygens (including phenoxy) is 1. The average molecular weight is 455 g/mol. The van der Waals surface area contributed by atoms with E-state index in [1.165, 1.54) is 5.56 Å². The highest BCUT2D eigenvalue weighted by atomic mass is 35.5. The van der Waals surface area contributed by atoms with Crippen LogP contribution < -0.4 is 15.5 Å². The third-order valence-corrected chi connectivity index (χ3v) is 6.99. The van der Waals surface area contributed by atoms with Crippen LogP contribution in [0.1, 0.15) is 30.9 Å². The van der Waals surface area contributed by atoms with E-state index in [4.69, 9.17) is 21.3 Å². The van der Waals surface area contributed by atoms with Crippen molar-refractivity contribution < 1.29 is 9.53 Å². The fraction of sp³-hybridized carbons (Fsp3) is 0.478. The molecule has 2 atom stereocenters. The summed E-state index contributed by atoms with van der Waals surface area (Å²) in [6, 6.07) is 6.11. The van der Waals surface area contributed by atoms with Crippen molar-refractivity contribution in [3.8, 4) is 0 Å². The standard InChI is InChI=1S/C23H27ClN6O2/c1-2-32-21(31)23-6-8-25-7-5-17(23)13-30(14-23)22-27-12-19(24)20(29-22)28-18-4-3-15-10-26-11-16(15)9-18/h3-4,9,11-12,17,25H,2,5-8,10,13-14H2,1H3,(H,27,28,29)/t17?,23-/m0/s1. The maximum atomic E-state index is 13.0. The molecular weight excluding hydrogens is 428 g/mol. The molecule has 0 amide bonds. The SMILES string of the molecule is CCOC(=O)[C@]12CCNCCC1CN(c1ncc(Cl)c(Nc3ccc4c(c3)C=NC4)n1)C2. The van der Waals surface area contributed by atoms with Crippen molar-refractivity contribution in [2.75, 3.05) is 43.0 Å². The number of carbonyl (C=O) groups is 1. The molecule has 0 bridgehead atoms. The van der Waals surface area contributed by atoms with Gasteiger partial charge in [-0.15, -0.1) is 0 Å². The molecular formula is C23H27ClN6O2. The molecule has 8 nitrogen and oxygen atoms in total. The first-order valence-corrected chi connectivity index (χ1v) is 11.5. The van der Waals surface area contributed by atoms with Crippen molar-refractivity contribution in [2.24, 2.45) is 16.3 Å². The van der Waals surface area contributed by atoms with Gasteiger partial charge in [0.05, 0.1) is 24.8 Å². The normalized spacial score (nSPS) is 24.1. The van der Waals surface area contributed by atoms with Gasteiger partial charge in [-0.3, -0.25) is 9.79 Å². The zero-order valence-electron chi connectivity index (χ0n) is 18.1. The summed E-state index contributed by atoms with van der Waals surface area (Å²) >= 11 is 6.42. The Morgan fingerprint density at radius 2 is 2.31 bits per heavy atom. The second-order valence-corrected chi connectivity index (χ2v) is 9.02. The van der Waals surface area contributed by atoms with Gasteiger partial charge in [-0.2, -0.15) is 4.98 Å². The summed E-state index contributed by atoms with van der Waals surface area (Å²) in [6.07, 6.45) is 5.17. The first kappa shape index (κ1) is 21.2. The van der Waals surface area contributed by atoms with Crippen molar-refractivity contribution in [2.45, 2.75) is 26.3 Å². The molecule has 2 saturated heterocycles. The van der Waals surface area contributed by atoms with E-state index in [1.54, 1.807) is 6.20 Å². The Morgan fingerprint density at radius 1 is 1.41 bits per heavy atom. The molecule has 1 unspecified atom stereocenters. The molecule has 0 radical (unpaired) electrons. The second kappa shape index (κ2) is 8.67. The summed E-state index contributed by atoms with van der Waals surface area (Å²) in [4.78, 5) is 28.7. The number of aliphatic imine (C=N–C) groups is 1. The van der Waals surface area contributed by atoms with Crippen LogP contribution in [0.4, 0.5) is 17.5 Å². The minimum Gasteiger partial charge on any atom is -0.466 e. The smallest absolute Gasteiger partial charge is 0.314 e. The van der Waals surface area contributed by atoms with Crippen LogP contribution in [0.5, 0.6) is 0 Å². The lowest BCUT2D eigenvalue weighted by Crippen LogP contribution is -2.41. The number of carbonyl (C=O) groups excluding carboxylic acids is 1. The van der Waals surface area contributed by atoms with Gasteiger partial charge < -0.3 is 20.3 Å². The first-order valence-electron chi connectivity index (χ1n) is 11.1. The number of hydrogen-bond acceptors (Lipinski definition) is 8. The molecule has 9 heteroatoms. The van der Waals surface area contributed by atoms with Gasteiger partial charge in [-0.1, -0.05) is 17.7 Å². The lowest BCUT2D eigenvalue weighted by Gasteiger charge is -2.30. The molecule has 2 aromatic rings. The fourth-order valence-electron chi connectivity index (χ4n) is 5.01. The molecule has 0 spiro atoms. The highest BCUT2D eigenvalue weighted by Crippen LogP contribution is 2.44. The highest BCUT2D eigenvalue weighted by molar-refractivity contribution is 6.32. The van der Waals surface area contributed by atoms with E-state index in [0.29, 0.717) is 29.9 Å².